The minimum absolute atomic E-state index is 0.117. The van der Waals surface area contributed by atoms with Gasteiger partial charge in [0.05, 0.1) is 6.07 Å². The first-order valence-electron chi connectivity index (χ1n) is 7.71. The van der Waals surface area contributed by atoms with Crippen molar-refractivity contribution in [2.75, 3.05) is 26.7 Å². The van der Waals surface area contributed by atoms with Gasteiger partial charge in [0.2, 0.25) is 0 Å². The fourth-order valence-corrected chi connectivity index (χ4v) is 2.21. The van der Waals surface area contributed by atoms with E-state index in [1.807, 2.05) is 24.9 Å². The molecule has 1 rings (SSSR count). The number of benzene rings is 1. The van der Waals surface area contributed by atoms with Gasteiger partial charge in [-0.2, -0.15) is 5.26 Å². The van der Waals surface area contributed by atoms with E-state index in [9.17, 15) is 5.11 Å². The quantitative estimate of drug-likeness (QED) is 0.841. The maximum atomic E-state index is 10.0. The third-order valence-corrected chi connectivity index (χ3v) is 3.60. The number of nitriles is 1. The van der Waals surface area contributed by atoms with Crippen molar-refractivity contribution < 1.29 is 9.84 Å². The summed E-state index contributed by atoms with van der Waals surface area (Å²) < 4.78 is 5.73. The van der Waals surface area contributed by atoms with Crippen molar-refractivity contribution >= 4 is 0 Å². The highest BCUT2D eigenvalue weighted by molar-refractivity contribution is 5.38. The van der Waals surface area contributed by atoms with Gasteiger partial charge < -0.3 is 14.7 Å². The highest BCUT2D eigenvalue weighted by Crippen LogP contribution is 2.27. The van der Waals surface area contributed by atoms with Crippen LogP contribution in [0.1, 0.15) is 38.3 Å². The normalized spacial score (nSPS) is 13.0. The Balaban J connectivity index is 2.53. The molecule has 0 aliphatic carbocycles. The molecule has 4 heteroatoms. The Labute approximate surface area is 134 Å². The van der Waals surface area contributed by atoms with Gasteiger partial charge in [0.15, 0.2) is 0 Å². The van der Waals surface area contributed by atoms with Crippen LogP contribution in [0.5, 0.6) is 5.75 Å². The summed E-state index contributed by atoms with van der Waals surface area (Å²) >= 11 is 0. The summed E-state index contributed by atoms with van der Waals surface area (Å²) in [5.41, 5.74) is 2.47. The topological polar surface area (TPSA) is 56.5 Å². The predicted molar refractivity (Wildman–Crippen MR) is 89.1 cm³/mol. The van der Waals surface area contributed by atoms with Crippen LogP contribution in [0, 0.1) is 18.3 Å². The van der Waals surface area contributed by atoms with E-state index in [0.717, 1.165) is 11.3 Å². The maximum Gasteiger partial charge on any atom is 0.122 e. The first-order valence-corrected chi connectivity index (χ1v) is 7.71. The molecule has 1 aromatic carbocycles. The van der Waals surface area contributed by atoms with E-state index >= 15 is 0 Å². The lowest BCUT2D eigenvalue weighted by atomic mass is 9.86. The molecule has 0 heterocycles. The van der Waals surface area contributed by atoms with E-state index in [-0.39, 0.29) is 12.0 Å². The second-order valence-corrected chi connectivity index (χ2v) is 6.87. The average Bonchev–Trinajstić information content (AvgIpc) is 2.42. The molecule has 0 spiro atoms. The van der Waals surface area contributed by atoms with Crippen LogP contribution in [0.2, 0.25) is 0 Å². The van der Waals surface area contributed by atoms with E-state index in [1.165, 1.54) is 5.56 Å². The number of aryl methyl sites for hydroxylation is 1. The zero-order chi connectivity index (χ0) is 16.8. The van der Waals surface area contributed by atoms with Crippen LogP contribution in [0.25, 0.3) is 0 Å². The Morgan fingerprint density at radius 3 is 2.59 bits per heavy atom. The fourth-order valence-electron chi connectivity index (χ4n) is 2.21. The van der Waals surface area contributed by atoms with Crippen molar-refractivity contribution in [2.24, 2.45) is 0 Å². The Morgan fingerprint density at radius 1 is 1.36 bits per heavy atom. The summed E-state index contributed by atoms with van der Waals surface area (Å²) in [6.45, 7) is 9.99. The van der Waals surface area contributed by atoms with Gasteiger partial charge >= 0.3 is 0 Å². The molecular weight excluding hydrogens is 276 g/mol. The number of hydrogen-bond donors (Lipinski definition) is 1. The van der Waals surface area contributed by atoms with Crippen molar-refractivity contribution in [3.63, 3.8) is 0 Å². The summed E-state index contributed by atoms with van der Waals surface area (Å²) in [7, 11) is 1.89. The number of ether oxygens (including phenoxy) is 1. The van der Waals surface area contributed by atoms with Crippen LogP contribution in [-0.2, 0) is 5.41 Å². The smallest absolute Gasteiger partial charge is 0.122 e. The second kappa shape index (κ2) is 8.17. The zero-order valence-corrected chi connectivity index (χ0v) is 14.4. The van der Waals surface area contributed by atoms with E-state index in [1.54, 1.807) is 0 Å². The van der Waals surface area contributed by atoms with Crippen molar-refractivity contribution in [1.29, 1.82) is 5.26 Å². The van der Waals surface area contributed by atoms with Gasteiger partial charge in [0, 0.05) is 19.5 Å². The van der Waals surface area contributed by atoms with Crippen molar-refractivity contribution in [2.45, 2.75) is 45.6 Å². The summed E-state index contributed by atoms with van der Waals surface area (Å²) in [5.74, 6) is 0.812. The predicted octanol–water partition coefficient (Wildman–Crippen LogP) is 2.88. The Bertz CT molecular complexity index is 515. The second-order valence-electron chi connectivity index (χ2n) is 6.87. The molecule has 0 amide bonds. The number of likely N-dealkylation sites (N-methyl/N-ethyl adjacent to an activating group) is 1. The van der Waals surface area contributed by atoms with Crippen molar-refractivity contribution in [3.8, 4) is 11.8 Å². The lowest BCUT2D eigenvalue weighted by Crippen LogP contribution is -2.33. The zero-order valence-electron chi connectivity index (χ0n) is 14.4. The number of aliphatic hydroxyl groups excluding tert-OH is 1. The van der Waals surface area contributed by atoms with Gasteiger partial charge in [-0.1, -0.05) is 32.9 Å². The lowest BCUT2D eigenvalue weighted by Gasteiger charge is -2.22. The van der Waals surface area contributed by atoms with Crippen molar-refractivity contribution in [1.82, 2.24) is 4.90 Å². The van der Waals surface area contributed by atoms with Crippen LogP contribution in [0.3, 0.4) is 0 Å². The molecular formula is C18H28N2O2. The monoisotopic (exact) mass is 304 g/mol. The molecule has 122 valence electrons. The summed E-state index contributed by atoms with van der Waals surface area (Å²) in [4.78, 5) is 1.94. The average molecular weight is 304 g/mol. The van der Waals surface area contributed by atoms with Gasteiger partial charge in [0.1, 0.15) is 18.5 Å². The summed E-state index contributed by atoms with van der Waals surface area (Å²) in [6.07, 6.45) is -0.0948. The highest BCUT2D eigenvalue weighted by atomic mass is 16.5. The SMILES string of the molecule is Cc1cc(C(C)(C)C)ccc1OCC(O)CN(C)CCC#N. The van der Waals surface area contributed by atoms with Gasteiger partial charge in [0.25, 0.3) is 0 Å². The molecule has 1 aromatic rings. The molecule has 0 fully saturated rings. The van der Waals surface area contributed by atoms with E-state index in [2.05, 4.69) is 39.0 Å². The number of nitrogens with zero attached hydrogens (tertiary/aromatic N) is 2. The summed E-state index contributed by atoms with van der Waals surface area (Å²) in [6, 6.07) is 8.29. The molecule has 22 heavy (non-hydrogen) atoms. The van der Waals surface area contributed by atoms with E-state index in [0.29, 0.717) is 19.5 Å². The third-order valence-electron chi connectivity index (χ3n) is 3.60. The van der Waals surface area contributed by atoms with Crippen LogP contribution in [-0.4, -0.2) is 42.9 Å². The molecule has 0 aliphatic heterocycles. The summed E-state index contributed by atoms with van der Waals surface area (Å²) in [5, 5.41) is 18.6. The van der Waals surface area contributed by atoms with E-state index < -0.39 is 6.10 Å². The van der Waals surface area contributed by atoms with E-state index in [4.69, 9.17) is 10.00 Å². The molecule has 0 aliphatic rings. The van der Waals surface area contributed by atoms with Crippen LogP contribution >= 0.6 is 0 Å². The third kappa shape index (κ3) is 6.05. The first kappa shape index (κ1) is 18.5. The van der Waals surface area contributed by atoms with Crippen LogP contribution < -0.4 is 4.74 Å². The molecule has 1 unspecified atom stereocenters. The van der Waals surface area contributed by atoms with Gasteiger partial charge in [-0.05, 0) is 36.6 Å². The number of rotatable bonds is 7. The molecule has 0 saturated heterocycles. The highest BCUT2D eigenvalue weighted by Gasteiger charge is 2.15. The fraction of sp³-hybridized carbons (Fsp3) is 0.611. The molecule has 4 nitrogen and oxygen atoms in total. The molecule has 1 N–H and O–H groups in total. The Morgan fingerprint density at radius 2 is 2.05 bits per heavy atom. The largest absolute Gasteiger partial charge is 0.491 e. The lowest BCUT2D eigenvalue weighted by molar-refractivity contribution is 0.0767. The molecule has 1 atom stereocenters. The van der Waals surface area contributed by atoms with Gasteiger partial charge in [-0.25, -0.2) is 0 Å². The van der Waals surface area contributed by atoms with Crippen LogP contribution in [0.4, 0.5) is 0 Å². The number of hydrogen-bond acceptors (Lipinski definition) is 4. The van der Waals surface area contributed by atoms with Crippen LogP contribution in [0.15, 0.2) is 18.2 Å². The minimum Gasteiger partial charge on any atom is -0.491 e. The van der Waals surface area contributed by atoms with Gasteiger partial charge in [-0.3, -0.25) is 0 Å². The maximum absolute atomic E-state index is 10.0. The molecule has 0 radical (unpaired) electrons. The standard InChI is InChI=1S/C18H28N2O2/c1-14-11-15(18(2,3)4)7-8-17(14)22-13-16(21)12-20(5)10-6-9-19/h7-8,11,16,21H,6,10,12-13H2,1-5H3. The van der Waals surface area contributed by atoms with Crippen molar-refractivity contribution in [3.05, 3.63) is 29.3 Å². The Hall–Kier alpha value is -1.57. The molecule has 0 bridgehead atoms. The minimum atomic E-state index is -0.564. The molecule has 0 aromatic heterocycles. The number of aliphatic hydroxyl groups is 1. The first-order chi connectivity index (χ1) is 10.2. The molecule has 0 saturated carbocycles. The Kier molecular flexibility index (Phi) is 6.86. The van der Waals surface area contributed by atoms with Gasteiger partial charge in [-0.15, -0.1) is 0 Å².